The summed E-state index contributed by atoms with van der Waals surface area (Å²) in [7, 11) is 0. The molecule has 0 aromatic heterocycles. The third-order valence-corrected chi connectivity index (χ3v) is 4.59. The molecular weight excluding hydrogens is 472 g/mol. The van der Waals surface area contributed by atoms with Gasteiger partial charge in [0.15, 0.2) is 18.3 Å². The van der Waals surface area contributed by atoms with E-state index in [-0.39, 0.29) is 13.8 Å². The monoisotopic (exact) mass is 522 g/mol. The van der Waals surface area contributed by atoms with Crippen LogP contribution in [0.5, 0.6) is 0 Å². The Labute approximate surface area is 220 Å². The van der Waals surface area contributed by atoms with Gasteiger partial charge in [0.25, 0.3) is 0 Å². The Morgan fingerprint density at radius 3 is 1.42 bits per heavy atom. The van der Waals surface area contributed by atoms with Gasteiger partial charge in [0.1, 0.15) is 12.7 Å². The molecule has 0 aromatic carbocycles. The van der Waals surface area contributed by atoms with Crippen LogP contribution in [0.2, 0.25) is 0 Å². The van der Waals surface area contributed by atoms with E-state index in [0.717, 1.165) is 0 Å². The lowest BCUT2D eigenvalue weighted by Gasteiger charge is -2.37. The molecule has 0 radical (unpaired) electrons. The third kappa shape index (κ3) is 10.8. The number of hydrogen-bond acceptors (Lipinski definition) is 10. The van der Waals surface area contributed by atoms with E-state index in [1.165, 1.54) is 55.4 Å². The van der Waals surface area contributed by atoms with Crippen molar-refractivity contribution in [1.29, 1.82) is 0 Å². The highest BCUT2D eigenvalue weighted by Crippen LogP contribution is 2.27. The molecule has 10 nitrogen and oxygen atoms in total. The van der Waals surface area contributed by atoms with Gasteiger partial charge in [-0.1, -0.05) is 0 Å². The molecule has 0 rings (SSSR count). The number of aliphatic hydroxyl groups excluding tert-OH is 2. The van der Waals surface area contributed by atoms with Gasteiger partial charge >= 0.3 is 23.9 Å². The van der Waals surface area contributed by atoms with Crippen LogP contribution in [-0.2, 0) is 38.1 Å². The van der Waals surface area contributed by atoms with Crippen LogP contribution in [0.1, 0.15) is 88.5 Å². The molecule has 0 saturated heterocycles. The number of hydrogen-bond donors (Lipinski definition) is 2. The number of carbonyl (C=O) groups is 4. The van der Waals surface area contributed by atoms with Crippen LogP contribution in [0, 0.1) is 21.7 Å². The van der Waals surface area contributed by atoms with Crippen LogP contribution < -0.4 is 0 Å². The second-order valence-corrected chi connectivity index (χ2v) is 11.6. The van der Waals surface area contributed by atoms with Gasteiger partial charge in [-0.15, -0.1) is 0 Å². The highest BCUT2D eigenvalue weighted by atomic mass is 16.6. The molecule has 0 aliphatic carbocycles. The summed E-state index contributed by atoms with van der Waals surface area (Å²) in [6.07, 6.45) is -7.32. The lowest BCUT2D eigenvalue weighted by Crippen LogP contribution is -2.55. The summed E-state index contributed by atoms with van der Waals surface area (Å²) in [4.78, 5) is 51.2. The molecule has 0 spiro atoms. The molecule has 2 N–H and O–H groups in total. The molecule has 0 heterocycles. The predicted octanol–water partition coefficient (Wildman–Crippen LogP) is 2.80. The van der Waals surface area contributed by atoms with Crippen molar-refractivity contribution in [2.75, 3.05) is 13.2 Å². The topological polar surface area (TPSA) is 146 Å². The molecule has 210 valence electrons. The summed E-state index contributed by atoms with van der Waals surface area (Å²) in [5.74, 6) is -3.79. The first-order valence-corrected chi connectivity index (χ1v) is 11.4. The van der Waals surface area contributed by atoms with E-state index >= 15 is 0 Å². The standard InChI is InChI=1S/C26H46O10/c1-23(2,3)19(29)33-14-15(28)17(35-21(31)25(7,8)9)18(36-22(32)26(10,11)12)16(13-27)34-20(30)24(4,5)6/h15-18,27-28H,13-14H2,1-12H3/t15-,16+,17-,18-/m1/s1/i1D,4D,7D,10D. The first-order chi connectivity index (χ1) is 18.2. The maximum Gasteiger partial charge on any atom is 0.311 e. The van der Waals surface area contributed by atoms with Crippen LogP contribution in [0.3, 0.4) is 0 Å². The summed E-state index contributed by atoms with van der Waals surface area (Å²) in [5.41, 5.74) is -5.35. The average molecular weight is 523 g/mol. The van der Waals surface area contributed by atoms with Crippen LogP contribution in [0.4, 0.5) is 0 Å². The van der Waals surface area contributed by atoms with E-state index in [1.807, 2.05) is 0 Å². The minimum Gasteiger partial charge on any atom is -0.462 e. The highest BCUT2D eigenvalue weighted by molar-refractivity contribution is 5.78. The Balaban J connectivity index is 6.71. The minimum atomic E-state index is -1.88. The first-order valence-electron chi connectivity index (χ1n) is 14.3. The summed E-state index contributed by atoms with van der Waals surface area (Å²) in [5, 5.41) is 21.3. The zero-order valence-electron chi connectivity index (χ0n) is 26.7. The molecule has 0 aliphatic heterocycles. The van der Waals surface area contributed by atoms with Gasteiger partial charge in [-0.25, -0.2) is 0 Å². The van der Waals surface area contributed by atoms with Crippen LogP contribution in [0.25, 0.3) is 0 Å². The quantitative estimate of drug-likeness (QED) is 0.342. The number of ether oxygens (including phenoxy) is 4. The van der Waals surface area contributed by atoms with E-state index in [2.05, 4.69) is 0 Å². The maximum absolute atomic E-state index is 13.0. The SMILES string of the molecule is [2H]CC(C)(C)C(=O)OC[C@@H](O)[C@@H](OC(=O)C(C)(C)C[2H])[C@H](OC(=O)C(C)(C)C[2H])[C@H](CO)OC(=O)C(C)(C)C[2H]. The van der Waals surface area contributed by atoms with Gasteiger partial charge in [0, 0.05) is 5.48 Å². The van der Waals surface area contributed by atoms with Crippen molar-refractivity contribution in [3.05, 3.63) is 0 Å². The summed E-state index contributed by atoms with van der Waals surface area (Å²) < 4.78 is 52.0. The zero-order valence-corrected chi connectivity index (χ0v) is 22.7. The molecule has 0 unspecified atom stereocenters. The van der Waals surface area contributed by atoms with Crippen molar-refractivity contribution in [3.63, 3.8) is 0 Å². The van der Waals surface area contributed by atoms with Gasteiger partial charge in [-0.3, -0.25) is 19.2 Å². The molecule has 10 heteroatoms. The van der Waals surface area contributed by atoms with E-state index in [9.17, 15) is 29.4 Å². The largest absolute Gasteiger partial charge is 0.462 e. The van der Waals surface area contributed by atoms with E-state index in [4.69, 9.17) is 24.4 Å². The van der Waals surface area contributed by atoms with Crippen molar-refractivity contribution in [3.8, 4) is 0 Å². The Hall–Kier alpha value is -2.20. The minimum absolute atomic E-state index is 0.325. The van der Waals surface area contributed by atoms with Gasteiger partial charge in [0.2, 0.25) is 0 Å². The normalized spacial score (nSPS) is 17.7. The predicted molar refractivity (Wildman–Crippen MR) is 132 cm³/mol. The van der Waals surface area contributed by atoms with Gasteiger partial charge in [-0.2, -0.15) is 0 Å². The van der Waals surface area contributed by atoms with Crippen molar-refractivity contribution in [1.82, 2.24) is 0 Å². The Morgan fingerprint density at radius 2 is 1.03 bits per heavy atom. The Bertz CT molecular complexity index is 876. The second-order valence-electron chi connectivity index (χ2n) is 11.6. The molecule has 0 fully saturated rings. The number of rotatable bonds is 9. The smallest absolute Gasteiger partial charge is 0.311 e. The third-order valence-electron chi connectivity index (χ3n) is 4.59. The first kappa shape index (κ1) is 26.9. The van der Waals surface area contributed by atoms with Gasteiger partial charge < -0.3 is 29.2 Å². The number of carbonyl (C=O) groups excluding carboxylic acids is 4. The van der Waals surface area contributed by atoms with Crippen molar-refractivity contribution < 1.29 is 53.8 Å². The summed E-state index contributed by atoms with van der Waals surface area (Å²) in [6.45, 7) is 8.00. The highest BCUT2D eigenvalue weighted by Gasteiger charge is 2.46. The van der Waals surface area contributed by atoms with Gasteiger partial charge in [-0.05, 0) is 83.0 Å². The molecule has 0 amide bonds. The maximum atomic E-state index is 13.0. The number of esters is 4. The van der Waals surface area contributed by atoms with Crippen LogP contribution in [0.15, 0.2) is 0 Å². The lowest BCUT2D eigenvalue weighted by molar-refractivity contribution is -0.211. The van der Waals surface area contributed by atoms with Crippen molar-refractivity contribution >= 4 is 23.9 Å². The molecule has 0 aromatic rings. The Kier molecular flexibility index (Phi) is 9.22. The van der Waals surface area contributed by atoms with Gasteiger partial charge in [0.05, 0.1) is 28.3 Å². The van der Waals surface area contributed by atoms with E-state index in [1.54, 1.807) is 0 Å². The lowest BCUT2D eigenvalue weighted by atomic mass is 9.94. The van der Waals surface area contributed by atoms with Crippen LogP contribution in [-0.4, -0.2) is 71.7 Å². The van der Waals surface area contributed by atoms with Crippen LogP contribution >= 0.6 is 0 Å². The fraction of sp³-hybridized carbons (Fsp3) is 0.846. The fourth-order valence-corrected chi connectivity index (χ4v) is 2.24. The zero-order chi connectivity index (χ0) is 31.7. The van der Waals surface area contributed by atoms with Crippen molar-refractivity contribution in [2.45, 2.75) is 107 Å². The average Bonchev–Trinajstić information content (AvgIpc) is 2.91. The summed E-state index contributed by atoms with van der Waals surface area (Å²) in [6, 6.07) is 0. The fourth-order valence-electron chi connectivity index (χ4n) is 2.24. The van der Waals surface area contributed by atoms with E-state index in [0.29, 0.717) is 0 Å². The number of aliphatic hydroxyl groups is 2. The Morgan fingerprint density at radius 1 is 0.667 bits per heavy atom. The molecule has 0 bridgehead atoms. The van der Waals surface area contributed by atoms with Crippen molar-refractivity contribution in [2.24, 2.45) is 21.7 Å². The molecule has 0 saturated carbocycles. The molecule has 36 heavy (non-hydrogen) atoms. The second kappa shape index (κ2) is 12.4. The molecular formula is C26H46O10. The van der Waals surface area contributed by atoms with E-state index < -0.39 is 97.0 Å². The molecule has 0 aliphatic rings. The molecule has 4 atom stereocenters. The summed E-state index contributed by atoms with van der Waals surface area (Å²) >= 11 is 0.